The number of nitrogens with zero attached hydrogens (tertiary/aromatic N) is 2. The van der Waals surface area contributed by atoms with E-state index in [1.165, 1.54) is 6.07 Å². The Morgan fingerprint density at radius 3 is 2.81 bits per heavy atom. The molecule has 2 rings (SSSR count). The Labute approximate surface area is 130 Å². The van der Waals surface area contributed by atoms with E-state index >= 15 is 0 Å². The lowest BCUT2D eigenvalue weighted by molar-refractivity contribution is -0.385. The van der Waals surface area contributed by atoms with Crippen LogP contribution in [0, 0.1) is 10.1 Å². The van der Waals surface area contributed by atoms with Gasteiger partial charge in [-0.05, 0) is 34.1 Å². The predicted octanol–water partition coefficient (Wildman–Crippen LogP) is 3.65. The molecular formula is C14H14BrN3O3. The highest BCUT2D eigenvalue weighted by Gasteiger charge is 2.16. The molecule has 1 N–H and O–H groups in total. The molecule has 21 heavy (non-hydrogen) atoms. The average molecular weight is 352 g/mol. The summed E-state index contributed by atoms with van der Waals surface area (Å²) in [4.78, 5) is 14.6. The number of ether oxygens (including phenoxy) is 1. The van der Waals surface area contributed by atoms with Gasteiger partial charge in [-0.25, -0.2) is 4.98 Å². The molecule has 0 fully saturated rings. The molecule has 0 spiro atoms. The summed E-state index contributed by atoms with van der Waals surface area (Å²) in [6, 6.07) is 8.25. The highest BCUT2D eigenvalue weighted by atomic mass is 79.9. The van der Waals surface area contributed by atoms with Crippen LogP contribution in [0.2, 0.25) is 0 Å². The monoisotopic (exact) mass is 351 g/mol. The summed E-state index contributed by atoms with van der Waals surface area (Å²) < 4.78 is 5.88. The van der Waals surface area contributed by atoms with E-state index in [2.05, 4.69) is 26.2 Å². The van der Waals surface area contributed by atoms with Gasteiger partial charge >= 0.3 is 0 Å². The Bertz CT molecular complexity index is 632. The third-order valence-corrected chi connectivity index (χ3v) is 3.53. The van der Waals surface area contributed by atoms with Crippen LogP contribution in [0.1, 0.15) is 12.5 Å². The first kappa shape index (κ1) is 15.4. The zero-order valence-electron chi connectivity index (χ0n) is 11.4. The highest BCUT2D eigenvalue weighted by molar-refractivity contribution is 9.10. The fourth-order valence-electron chi connectivity index (χ4n) is 1.68. The SMILES string of the molecule is CCNCc1ccc(Oc2cccc([N+](=O)[O-])c2Br)nc1. The molecule has 0 saturated carbocycles. The van der Waals surface area contributed by atoms with E-state index in [-0.39, 0.29) is 5.69 Å². The van der Waals surface area contributed by atoms with Crippen molar-refractivity contribution in [2.24, 2.45) is 0 Å². The van der Waals surface area contributed by atoms with Crippen molar-refractivity contribution in [2.45, 2.75) is 13.5 Å². The summed E-state index contributed by atoms with van der Waals surface area (Å²) in [5.74, 6) is 0.743. The predicted molar refractivity (Wildman–Crippen MR) is 82.5 cm³/mol. The van der Waals surface area contributed by atoms with Crippen molar-refractivity contribution in [1.29, 1.82) is 0 Å². The lowest BCUT2D eigenvalue weighted by Crippen LogP contribution is -2.11. The zero-order chi connectivity index (χ0) is 15.2. The summed E-state index contributed by atoms with van der Waals surface area (Å²) in [6.45, 7) is 3.66. The first-order valence-electron chi connectivity index (χ1n) is 6.38. The second-order valence-corrected chi connectivity index (χ2v) is 5.03. The quantitative estimate of drug-likeness (QED) is 0.634. The largest absolute Gasteiger partial charge is 0.438 e. The van der Waals surface area contributed by atoms with Crippen molar-refractivity contribution in [3.05, 3.63) is 56.7 Å². The van der Waals surface area contributed by atoms with E-state index < -0.39 is 4.92 Å². The maximum absolute atomic E-state index is 10.9. The van der Waals surface area contributed by atoms with Gasteiger partial charge in [-0.2, -0.15) is 0 Å². The van der Waals surface area contributed by atoms with Gasteiger partial charge < -0.3 is 10.1 Å². The summed E-state index contributed by atoms with van der Waals surface area (Å²) in [5.41, 5.74) is 0.999. The lowest BCUT2D eigenvalue weighted by Gasteiger charge is -2.08. The topological polar surface area (TPSA) is 77.3 Å². The van der Waals surface area contributed by atoms with Gasteiger partial charge in [0.25, 0.3) is 5.69 Å². The van der Waals surface area contributed by atoms with Crippen LogP contribution in [0.4, 0.5) is 5.69 Å². The van der Waals surface area contributed by atoms with Gasteiger partial charge in [0.05, 0.1) is 4.92 Å². The third-order valence-electron chi connectivity index (χ3n) is 2.73. The maximum Gasteiger partial charge on any atom is 0.287 e. The van der Waals surface area contributed by atoms with Crippen molar-refractivity contribution < 1.29 is 9.66 Å². The molecule has 0 bridgehead atoms. The van der Waals surface area contributed by atoms with Crippen LogP contribution in [0.5, 0.6) is 11.6 Å². The molecule has 1 heterocycles. The minimum Gasteiger partial charge on any atom is -0.438 e. The van der Waals surface area contributed by atoms with Crippen molar-refractivity contribution >= 4 is 21.6 Å². The molecular weight excluding hydrogens is 338 g/mol. The molecule has 7 heteroatoms. The van der Waals surface area contributed by atoms with Gasteiger partial charge in [-0.15, -0.1) is 0 Å². The van der Waals surface area contributed by atoms with Crippen molar-refractivity contribution in [2.75, 3.05) is 6.54 Å². The van der Waals surface area contributed by atoms with Crippen LogP contribution in [0.25, 0.3) is 0 Å². The van der Waals surface area contributed by atoms with Crippen molar-refractivity contribution in [1.82, 2.24) is 10.3 Å². The van der Waals surface area contributed by atoms with Gasteiger partial charge in [0.1, 0.15) is 4.47 Å². The van der Waals surface area contributed by atoms with Gasteiger partial charge in [0.2, 0.25) is 5.88 Å². The molecule has 0 aliphatic rings. The first-order valence-corrected chi connectivity index (χ1v) is 7.17. The van der Waals surface area contributed by atoms with E-state index in [0.29, 0.717) is 16.1 Å². The fraction of sp³-hybridized carbons (Fsp3) is 0.214. The van der Waals surface area contributed by atoms with Crippen LogP contribution in [-0.4, -0.2) is 16.5 Å². The fourth-order valence-corrected chi connectivity index (χ4v) is 2.17. The van der Waals surface area contributed by atoms with E-state index in [4.69, 9.17) is 4.74 Å². The second-order valence-electron chi connectivity index (χ2n) is 4.23. The van der Waals surface area contributed by atoms with Crippen LogP contribution >= 0.6 is 15.9 Å². The Morgan fingerprint density at radius 2 is 2.19 bits per heavy atom. The standard InChI is InChI=1S/C14H14BrN3O3/c1-2-16-8-10-6-7-13(17-9-10)21-12-5-3-4-11(14(12)15)18(19)20/h3-7,9,16H,2,8H2,1H3. The number of halogens is 1. The Morgan fingerprint density at radius 1 is 1.38 bits per heavy atom. The van der Waals surface area contributed by atoms with Crippen LogP contribution in [0.3, 0.4) is 0 Å². The number of nitro benzene ring substituents is 1. The van der Waals surface area contributed by atoms with Crippen LogP contribution in [-0.2, 0) is 6.54 Å². The first-order chi connectivity index (χ1) is 10.1. The smallest absolute Gasteiger partial charge is 0.287 e. The molecule has 6 nitrogen and oxygen atoms in total. The number of pyridine rings is 1. The van der Waals surface area contributed by atoms with Gasteiger partial charge in [0.15, 0.2) is 5.75 Å². The second kappa shape index (κ2) is 7.14. The molecule has 0 saturated heterocycles. The molecule has 0 aliphatic heterocycles. The number of rotatable bonds is 6. The normalized spacial score (nSPS) is 10.4. The number of aromatic nitrogens is 1. The number of benzene rings is 1. The molecule has 0 aliphatic carbocycles. The minimum absolute atomic E-state index is 0.0451. The van der Waals surface area contributed by atoms with E-state index in [1.807, 2.05) is 13.0 Å². The van der Waals surface area contributed by atoms with Gasteiger partial charge in [0, 0.05) is 24.9 Å². The molecule has 2 aromatic rings. The van der Waals surface area contributed by atoms with Crippen LogP contribution in [0.15, 0.2) is 41.0 Å². The minimum atomic E-state index is -0.468. The molecule has 0 amide bonds. The average Bonchev–Trinajstić information content (AvgIpc) is 2.48. The molecule has 0 radical (unpaired) electrons. The Balaban J connectivity index is 2.15. The van der Waals surface area contributed by atoms with Gasteiger partial charge in [-0.1, -0.05) is 19.1 Å². The zero-order valence-corrected chi connectivity index (χ0v) is 13.0. The molecule has 0 unspecified atom stereocenters. The number of hydrogen-bond donors (Lipinski definition) is 1. The van der Waals surface area contributed by atoms with Crippen molar-refractivity contribution in [3.8, 4) is 11.6 Å². The van der Waals surface area contributed by atoms with Gasteiger partial charge in [-0.3, -0.25) is 10.1 Å². The van der Waals surface area contributed by atoms with E-state index in [1.54, 1.807) is 24.4 Å². The Hall–Kier alpha value is -1.99. The van der Waals surface area contributed by atoms with E-state index in [0.717, 1.165) is 18.7 Å². The molecule has 1 aromatic heterocycles. The van der Waals surface area contributed by atoms with Crippen LogP contribution < -0.4 is 10.1 Å². The number of nitrogens with one attached hydrogen (secondary N) is 1. The lowest BCUT2D eigenvalue weighted by atomic mass is 10.3. The number of hydrogen-bond acceptors (Lipinski definition) is 5. The molecule has 1 aromatic carbocycles. The van der Waals surface area contributed by atoms with Crippen molar-refractivity contribution in [3.63, 3.8) is 0 Å². The summed E-state index contributed by atoms with van der Waals surface area (Å²) in [7, 11) is 0. The molecule has 0 atom stereocenters. The number of nitro groups is 1. The molecule has 110 valence electrons. The Kier molecular flexibility index (Phi) is 5.24. The summed E-state index contributed by atoms with van der Waals surface area (Å²) >= 11 is 3.18. The third kappa shape index (κ3) is 3.99. The highest BCUT2D eigenvalue weighted by Crippen LogP contribution is 2.35. The maximum atomic E-state index is 10.9. The summed E-state index contributed by atoms with van der Waals surface area (Å²) in [6.07, 6.45) is 1.71. The van der Waals surface area contributed by atoms with E-state index in [9.17, 15) is 10.1 Å². The summed E-state index contributed by atoms with van der Waals surface area (Å²) in [5, 5.41) is 14.1.